The van der Waals surface area contributed by atoms with Crippen molar-refractivity contribution in [3.63, 3.8) is 0 Å². The van der Waals surface area contributed by atoms with Crippen LogP contribution in [0.15, 0.2) is 28.7 Å². The molecule has 0 aliphatic carbocycles. The third-order valence-electron chi connectivity index (χ3n) is 3.20. The van der Waals surface area contributed by atoms with E-state index >= 15 is 0 Å². The third kappa shape index (κ3) is 5.75. The largest absolute Gasteiger partial charge is 0.481 e. The number of halogens is 1. The topological polar surface area (TPSA) is 69.6 Å². The van der Waals surface area contributed by atoms with Gasteiger partial charge in [-0.15, -0.1) is 0 Å². The van der Waals surface area contributed by atoms with Crippen LogP contribution in [0, 0.1) is 5.92 Å². The summed E-state index contributed by atoms with van der Waals surface area (Å²) in [7, 11) is 1.68. The Bertz CT molecular complexity index is 494. The summed E-state index contributed by atoms with van der Waals surface area (Å²) in [6, 6.07) is 7.41. The van der Waals surface area contributed by atoms with Crippen molar-refractivity contribution < 1.29 is 14.7 Å². The quantitative estimate of drug-likeness (QED) is 0.788. The molecule has 2 N–H and O–H groups in total. The number of nitrogens with zero attached hydrogens (tertiary/aromatic N) is 1. The van der Waals surface area contributed by atoms with Gasteiger partial charge in [-0.05, 0) is 18.1 Å². The van der Waals surface area contributed by atoms with Crippen LogP contribution in [-0.2, 0) is 11.3 Å². The summed E-state index contributed by atoms with van der Waals surface area (Å²) in [5.41, 5.74) is 0.999. The molecule has 0 saturated heterocycles. The van der Waals surface area contributed by atoms with Crippen molar-refractivity contribution in [2.24, 2.45) is 5.92 Å². The van der Waals surface area contributed by atoms with Gasteiger partial charge in [0.2, 0.25) is 0 Å². The first-order valence-corrected chi connectivity index (χ1v) is 7.70. The third-order valence-corrected chi connectivity index (χ3v) is 3.97. The molecule has 1 aromatic carbocycles. The smallest absolute Gasteiger partial charge is 0.317 e. The summed E-state index contributed by atoms with van der Waals surface area (Å²) in [6.45, 7) is 2.54. The maximum Gasteiger partial charge on any atom is 0.317 e. The molecule has 0 aliphatic heterocycles. The first-order valence-electron chi connectivity index (χ1n) is 6.90. The molecule has 0 aliphatic rings. The molecule has 116 valence electrons. The van der Waals surface area contributed by atoms with E-state index in [-0.39, 0.29) is 12.6 Å². The molecule has 0 bridgehead atoms. The first-order chi connectivity index (χ1) is 9.95. The Kier molecular flexibility index (Phi) is 7.22. The van der Waals surface area contributed by atoms with E-state index in [2.05, 4.69) is 21.2 Å². The van der Waals surface area contributed by atoms with Gasteiger partial charge in [-0.1, -0.05) is 47.5 Å². The number of urea groups is 1. The number of carbonyl (C=O) groups excluding carboxylic acids is 1. The second-order valence-electron chi connectivity index (χ2n) is 4.96. The Balaban J connectivity index is 2.51. The zero-order chi connectivity index (χ0) is 15.8. The summed E-state index contributed by atoms with van der Waals surface area (Å²) in [5.74, 6) is -1.40. The maximum absolute atomic E-state index is 12.0. The van der Waals surface area contributed by atoms with E-state index in [1.165, 1.54) is 4.90 Å². The first kappa shape index (κ1) is 17.5. The predicted molar refractivity (Wildman–Crippen MR) is 85.0 cm³/mol. The van der Waals surface area contributed by atoms with Gasteiger partial charge in [0.05, 0.1) is 5.92 Å². The molecule has 5 nitrogen and oxygen atoms in total. The van der Waals surface area contributed by atoms with Gasteiger partial charge < -0.3 is 15.3 Å². The molecule has 2 amide bonds. The van der Waals surface area contributed by atoms with Gasteiger partial charge in [0.15, 0.2) is 0 Å². The van der Waals surface area contributed by atoms with Crippen molar-refractivity contribution in [1.29, 1.82) is 0 Å². The minimum Gasteiger partial charge on any atom is -0.481 e. The Morgan fingerprint density at radius 2 is 2.05 bits per heavy atom. The van der Waals surface area contributed by atoms with E-state index in [0.717, 1.165) is 16.5 Å². The highest BCUT2D eigenvalue weighted by Crippen LogP contribution is 2.17. The lowest BCUT2D eigenvalue weighted by atomic mass is 10.0. The van der Waals surface area contributed by atoms with Gasteiger partial charge in [-0.25, -0.2) is 4.79 Å². The molecule has 1 atom stereocenters. The molecular formula is C15H21BrN2O3. The predicted octanol–water partition coefficient (Wildman–Crippen LogP) is 3.09. The number of amides is 2. The second kappa shape index (κ2) is 8.67. The van der Waals surface area contributed by atoms with Gasteiger partial charge in [-0.2, -0.15) is 0 Å². The standard InChI is InChI=1S/C15H21BrN2O3/c1-3-6-11(14(19)20)9-17-15(21)18(2)10-12-7-4-5-8-13(12)16/h4-5,7-8,11H,3,6,9-10H2,1-2H3,(H,17,21)(H,19,20). The fourth-order valence-electron chi connectivity index (χ4n) is 1.96. The fourth-order valence-corrected chi connectivity index (χ4v) is 2.37. The summed E-state index contributed by atoms with van der Waals surface area (Å²) in [6.07, 6.45) is 1.34. The molecule has 6 heteroatoms. The molecule has 0 saturated carbocycles. The van der Waals surface area contributed by atoms with Crippen molar-refractivity contribution in [2.75, 3.05) is 13.6 Å². The van der Waals surface area contributed by atoms with Crippen LogP contribution < -0.4 is 5.32 Å². The Morgan fingerprint density at radius 1 is 1.38 bits per heavy atom. The molecular weight excluding hydrogens is 336 g/mol. The van der Waals surface area contributed by atoms with Crippen LogP contribution >= 0.6 is 15.9 Å². The van der Waals surface area contributed by atoms with Gasteiger partial charge in [-0.3, -0.25) is 4.79 Å². The molecule has 0 heterocycles. The molecule has 0 spiro atoms. The average molecular weight is 357 g/mol. The SMILES string of the molecule is CCCC(CNC(=O)N(C)Cc1ccccc1Br)C(=O)O. The molecule has 1 rings (SSSR count). The van der Waals surface area contributed by atoms with Crippen molar-refractivity contribution in [3.8, 4) is 0 Å². The number of nitrogens with one attached hydrogen (secondary N) is 1. The summed E-state index contributed by atoms with van der Waals surface area (Å²) in [5, 5.41) is 11.7. The number of carboxylic acids is 1. The Hall–Kier alpha value is -1.56. The van der Waals surface area contributed by atoms with E-state index in [9.17, 15) is 9.59 Å². The second-order valence-corrected chi connectivity index (χ2v) is 5.81. The summed E-state index contributed by atoms with van der Waals surface area (Å²) >= 11 is 3.44. The van der Waals surface area contributed by atoms with E-state index in [0.29, 0.717) is 13.0 Å². The van der Waals surface area contributed by atoms with Crippen LogP contribution in [0.2, 0.25) is 0 Å². The van der Waals surface area contributed by atoms with E-state index in [1.807, 2.05) is 31.2 Å². The van der Waals surface area contributed by atoms with Gasteiger partial charge >= 0.3 is 12.0 Å². The Morgan fingerprint density at radius 3 is 2.62 bits per heavy atom. The molecule has 21 heavy (non-hydrogen) atoms. The number of carboxylic acid groups (broad SMARTS) is 1. The molecule has 1 unspecified atom stereocenters. The fraction of sp³-hybridized carbons (Fsp3) is 0.467. The van der Waals surface area contributed by atoms with Crippen molar-refractivity contribution in [3.05, 3.63) is 34.3 Å². The Labute approximate surface area is 133 Å². The molecule has 0 radical (unpaired) electrons. The summed E-state index contributed by atoms with van der Waals surface area (Å²) < 4.78 is 0.944. The molecule has 0 aromatic heterocycles. The molecule has 1 aromatic rings. The van der Waals surface area contributed by atoms with Crippen molar-refractivity contribution in [1.82, 2.24) is 10.2 Å². The van der Waals surface area contributed by atoms with Gasteiger partial charge in [0.1, 0.15) is 0 Å². The highest BCUT2D eigenvalue weighted by atomic mass is 79.9. The van der Waals surface area contributed by atoms with Crippen LogP contribution in [0.5, 0.6) is 0 Å². The van der Waals surface area contributed by atoms with Crippen LogP contribution in [0.1, 0.15) is 25.3 Å². The highest BCUT2D eigenvalue weighted by molar-refractivity contribution is 9.10. The zero-order valence-electron chi connectivity index (χ0n) is 12.3. The van der Waals surface area contributed by atoms with Crippen LogP contribution in [0.3, 0.4) is 0 Å². The normalized spacial score (nSPS) is 11.8. The number of benzene rings is 1. The lowest BCUT2D eigenvalue weighted by molar-refractivity contribution is -0.141. The van der Waals surface area contributed by atoms with Crippen LogP contribution in [0.4, 0.5) is 4.79 Å². The van der Waals surface area contributed by atoms with E-state index in [4.69, 9.17) is 5.11 Å². The zero-order valence-corrected chi connectivity index (χ0v) is 13.9. The van der Waals surface area contributed by atoms with Crippen LogP contribution in [0.25, 0.3) is 0 Å². The van der Waals surface area contributed by atoms with E-state index < -0.39 is 11.9 Å². The minimum atomic E-state index is -0.870. The summed E-state index contributed by atoms with van der Waals surface area (Å²) in [4.78, 5) is 24.6. The number of carbonyl (C=O) groups is 2. The molecule has 0 fully saturated rings. The van der Waals surface area contributed by atoms with E-state index in [1.54, 1.807) is 7.05 Å². The maximum atomic E-state index is 12.0. The lowest BCUT2D eigenvalue weighted by Crippen LogP contribution is -2.40. The van der Waals surface area contributed by atoms with Gasteiger partial charge in [0.25, 0.3) is 0 Å². The minimum absolute atomic E-state index is 0.155. The average Bonchev–Trinajstić information content (AvgIpc) is 2.45. The van der Waals surface area contributed by atoms with Gasteiger partial charge in [0, 0.05) is 24.6 Å². The van der Waals surface area contributed by atoms with Crippen LogP contribution in [-0.4, -0.2) is 35.6 Å². The number of hydrogen-bond donors (Lipinski definition) is 2. The highest BCUT2D eigenvalue weighted by Gasteiger charge is 2.18. The number of hydrogen-bond acceptors (Lipinski definition) is 2. The van der Waals surface area contributed by atoms with Crippen molar-refractivity contribution in [2.45, 2.75) is 26.3 Å². The monoisotopic (exact) mass is 356 g/mol. The number of aliphatic carboxylic acids is 1. The lowest BCUT2D eigenvalue weighted by Gasteiger charge is -2.20. The number of rotatable bonds is 7. The van der Waals surface area contributed by atoms with Crippen molar-refractivity contribution >= 4 is 27.9 Å².